The highest BCUT2D eigenvalue weighted by Crippen LogP contribution is 2.26. The minimum absolute atomic E-state index is 0.0115. The predicted octanol–water partition coefficient (Wildman–Crippen LogP) is 1.68. The molecule has 1 heterocycles. The van der Waals surface area contributed by atoms with Crippen LogP contribution in [0, 0.1) is 0 Å². The number of amidine groups is 1. The van der Waals surface area contributed by atoms with Gasteiger partial charge >= 0.3 is 6.09 Å². The first kappa shape index (κ1) is 17.1. The van der Waals surface area contributed by atoms with Crippen LogP contribution in [0.2, 0.25) is 0 Å². The van der Waals surface area contributed by atoms with Gasteiger partial charge in [-0.2, -0.15) is 0 Å². The SMILES string of the molecule is CC(C)(C)OC(=O)NC1CN([C@H](C(N)=NO)c2ccccc2)C1. The number of benzene rings is 1. The van der Waals surface area contributed by atoms with Crippen molar-refractivity contribution in [2.75, 3.05) is 13.1 Å². The van der Waals surface area contributed by atoms with Gasteiger partial charge in [-0.15, -0.1) is 0 Å². The van der Waals surface area contributed by atoms with Gasteiger partial charge in [0.1, 0.15) is 5.60 Å². The molecule has 126 valence electrons. The standard InChI is InChI=1S/C16H24N4O3/c1-16(2,3)23-15(21)18-12-9-20(10-12)13(14(17)19-22)11-7-5-4-6-8-11/h4-8,12-13,22H,9-10H2,1-3H3,(H2,17,19)(H,18,21)/t13-/m0/s1. The maximum atomic E-state index is 11.8. The molecule has 0 unspecified atom stereocenters. The summed E-state index contributed by atoms with van der Waals surface area (Å²) in [6.07, 6.45) is -0.429. The number of carbonyl (C=O) groups is 1. The number of ether oxygens (including phenoxy) is 1. The number of nitrogens with zero attached hydrogens (tertiary/aromatic N) is 2. The van der Waals surface area contributed by atoms with E-state index in [2.05, 4.69) is 10.5 Å². The summed E-state index contributed by atoms with van der Waals surface area (Å²) in [6.45, 7) is 6.68. The predicted molar refractivity (Wildman–Crippen MR) is 87.3 cm³/mol. The van der Waals surface area contributed by atoms with E-state index in [1.165, 1.54) is 0 Å². The van der Waals surface area contributed by atoms with Gasteiger partial charge in [-0.3, -0.25) is 4.90 Å². The van der Waals surface area contributed by atoms with E-state index in [-0.39, 0.29) is 17.9 Å². The Hall–Kier alpha value is -2.28. The number of amides is 1. The third-order valence-electron chi connectivity index (χ3n) is 3.51. The Morgan fingerprint density at radius 3 is 2.52 bits per heavy atom. The summed E-state index contributed by atoms with van der Waals surface area (Å²) in [6, 6.07) is 9.26. The summed E-state index contributed by atoms with van der Waals surface area (Å²) >= 11 is 0. The van der Waals surface area contributed by atoms with Crippen molar-refractivity contribution in [3.63, 3.8) is 0 Å². The molecule has 4 N–H and O–H groups in total. The molecule has 1 fully saturated rings. The molecule has 1 atom stereocenters. The molecule has 1 saturated heterocycles. The second-order valence-corrected chi connectivity index (χ2v) is 6.64. The van der Waals surface area contributed by atoms with Crippen LogP contribution >= 0.6 is 0 Å². The maximum absolute atomic E-state index is 11.8. The third kappa shape index (κ3) is 4.59. The summed E-state index contributed by atoms with van der Waals surface area (Å²) in [4.78, 5) is 13.8. The number of nitrogens with two attached hydrogens (primary N) is 1. The smallest absolute Gasteiger partial charge is 0.407 e. The van der Waals surface area contributed by atoms with Crippen molar-refractivity contribution in [1.29, 1.82) is 0 Å². The quantitative estimate of drug-likeness (QED) is 0.339. The van der Waals surface area contributed by atoms with Crippen molar-refractivity contribution in [3.8, 4) is 0 Å². The van der Waals surface area contributed by atoms with Gasteiger partial charge in [0.2, 0.25) is 0 Å². The lowest BCUT2D eigenvalue weighted by Gasteiger charge is -2.44. The zero-order chi connectivity index (χ0) is 17.0. The van der Waals surface area contributed by atoms with Crippen LogP contribution in [0.25, 0.3) is 0 Å². The molecule has 7 heteroatoms. The van der Waals surface area contributed by atoms with Crippen LogP contribution in [0.5, 0.6) is 0 Å². The van der Waals surface area contributed by atoms with E-state index in [0.29, 0.717) is 13.1 Å². The molecule has 1 aromatic rings. The van der Waals surface area contributed by atoms with Gasteiger partial charge in [-0.1, -0.05) is 35.5 Å². The van der Waals surface area contributed by atoms with Crippen molar-refractivity contribution in [2.24, 2.45) is 10.9 Å². The molecule has 0 spiro atoms. The lowest BCUT2D eigenvalue weighted by Crippen LogP contribution is -2.62. The topological polar surface area (TPSA) is 100 Å². The fourth-order valence-corrected chi connectivity index (χ4v) is 2.55. The molecule has 0 radical (unpaired) electrons. The van der Waals surface area contributed by atoms with Gasteiger partial charge in [0, 0.05) is 13.1 Å². The molecule has 1 aliphatic rings. The number of alkyl carbamates (subject to hydrolysis) is 1. The molecule has 0 aliphatic carbocycles. The van der Waals surface area contributed by atoms with Crippen molar-refractivity contribution < 1.29 is 14.7 Å². The summed E-state index contributed by atoms with van der Waals surface area (Å²) in [7, 11) is 0. The number of oxime groups is 1. The van der Waals surface area contributed by atoms with Crippen LogP contribution in [0.3, 0.4) is 0 Å². The molecule has 0 saturated carbocycles. The fraction of sp³-hybridized carbons (Fsp3) is 0.500. The van der Waals surface area contributed by atoms with Crippen molar-refractivity contribution >= 4 is 11.9 Å². The highest BCUT2D eigenvalue weighted by molar-refractivity contribution is 5.86. The molecule has 2 rings (SSSR count). The highest BCUT2D eigenvalue weighted by Gasteiger charge is 2.36. The lowest BCUT2D eigenvalue weighted by molar-refractivity contribution is 0.0372. The van der Waals surface area contributed by atoms with Gasteiger partial charge < -0.3 is 21.0 Å². The Balaban J connectivity index is 1.94. The van der Waals surface area contributed by atoms with Gasteiger partial charge in [0.15, 0.2) is 5.84 Å². The second kappa shape index (κ2) is 6.87. The Kier molecular flexibility index (Phi) is 5.10. The van der Waals surface area contributed by atoms with Gasteiger partial charge in [-0.05, 0) is 26.3 Å². The number of rotatable bonds is 4. The molecule has 0 aromatic heterocycles. The normalized spacial score (nSPS) is 18.1. The van der Waals surface area contributed by atoms with Crippen molar-refractivity contribution in [3.05, 3.63) is 35.9 Å². The number of hydrogen-bond acceptors (Lipinski definition) is 5. The summed E-state index contributed by atoms with van der Waals surface area (Å²) in [5.74, 6) is 0.131. The fourth-order valence-electron chi connectivity index (χ4n) is 2.55. The zero-order valence-electron chi connectivity index (χ0n) is 13.7. The van der Waals surface area contributed by atoms with E-state index < -0.39 is 11.7 Å². The van der Waals surface area contributed by atoms with E-state index >= 15 is 0 Å². The third-order valence-corrected chi connectivity index (χ3v) is 3.51. The lowest BCUT2D eigenvalue weighted by atomic mass is 9.98. The van der Waals surface area contributed by atoms with E-state index in [9.17, 15) is 4.79 Å². The average molecular weight is 320 g/mol. The Labute approximate surface area is 136 Å². The highest BCUT2D eigenvalue weighted by atomic mass is 16.6. The second-order valence-electron chi connectivity index (χ2n) is 6.64. The van der Waals surface area contributed by atoms with Crippen LogP contribution in [0.1, 0.15) is 32.4 Å². The van der Waals surface area contributed by atoms with Gasteiger partial charge in [-0.25, -0.2) is 4.79 Å². The largest absolute Gasteiger partial charge is 0.444 e. The monoisotopic (exact) mass is 320 g/mol. The first-order valence-corrected chi connectivity index (χ1v) is 7.56. The molecule has 1 amide bonds. The van der Waals surface area contributed by atoms with Crippen LogP contribution in [0.4, 0.5) is 4.79 Å². The molecule has 1 aromatic carbocycles. The molecular formula is C16H24N4O3. The van der Waals surface area contributed by atoms with E-state index in [1.54, 1.807) is 0 Å². The number of nitrogens with one attached hydrogen (secondary N) is 1. The molecule has 23 heavy (non-hydrogen) atoms. The zero-order valence-corrected chi connectivity index (χ0v) is 13.7. The summed E-state index contributed by atoms with van der Waals surface area (Å²) < 4.78 is 5.24. The maximum Gasteiger partial charge on any atom is 0.407 e. The van der Waals surface area contributed by atoms with E-state index in [4.69, 9.17) is 15.7 Å². The Morgan fingerprint density at radius 1 is 1.39 bits per heavy atom. The minimum Gasteiger partial charge on any atom is -0.444 e. The van der Waals surface area contributed by atoms with Crippen LogP contribution in [0.15, 0.2) is 35.5 Å². The van der Waals surface area contributed by atoms with Crippen LogP contribution < -0.4 is 11.1 Å². The van der Waals surface area contributed by atoms with Gasteiger partial charge in [0.25, 0.3) is 0 Å². The Morgan fingerprint density at radius 2 is 2.00 bits per heavy atom. The number of hydrogen-bond donors (Lipinski definition) is 3. The minimum atomic E-state index is -0.520. The molecule has 0 bridgehead atoms. The van der Waals surface area contributed by atoms with Crippen molar-refractivity contribution in [1.82, 2.24) is 10.2 Å². The van der Waals surface area contributed by atoms with E-state index in [0.717, 1.165) is 5.56 Å². The summed E-state index contributed by atoms with van der Waals surface area (Å²) in [5, 5.41) is 15.0. The first-order chi connectivity index (χ1) is 10.8. The van der Waals surface area contributed by atoms with Crippen molar-refractivity contribution in [2.45, 2.75) is 38.5 Å². The molecular weight excluding hydrogens is 296 g/mol. The van der Waals surface area contributed by atoms with E-state index in [1.807, 2.05) is 56.0 Å². The number of carbonyl (C=O) groups excluding carboxylic acids is 1. The first-order valence-electron chi connectivity index (χ1n) is 7.56. The summed E-state index contributed by atoms with van der Waals surface area (Å²) in [5.41, 5.74) is 6.26. The molecule has 1 aliphatic heterocycles. The Bertz CT molecular complexity index is 562. The average Bonchev–Trinajstić information content (AvgIpc) is 2.43. The molecule has 7 nitrogen and oxygen atoms in total. The van der Waals surface area contributed by atoms with Gasteiger partial charge in [0.05, 0.1) is 12.1 Å². The number of likely N-dealkylation sites (tertiary alicyclic amines) is 1. The van der Waals surface area contributed by atoms with Crippen LogP contribution in [-0.2, 0) is 4.74 Å². The van der Waals surface area contributed by atoms with Crippen LogP contribution in [-0.4, -0.2) is 46.8 Å².